The third-order valence-corrected chi connectivity index (χ3v) is 5.48. The molecule has 0 atom stereocenters. The summed E-state index contributed by atoms with van der Waals surface area (Å²) in [7, 11) is -2.28. The van der Waals surface area contributed by atoms with Gasteiger partial charge in [0.05, 0.1) is 10.6 Å². The van der Waals surface area contributed by atoms with Crippen LogP contribution in [0.25, 0.3) is 0 Å². The summed E-state index contributed by atoms with van der Waals surface area (Å²) in [5, 5.41) is 2.66. The van der Waals surface area contributed by atoms with E-state index in [1.165, 1.54) is 24.1 Å². The van der Waals surface area contributed by atoms with Gasteiger partial charge in [0.2, 0.25) is 15.9 Å². The summed E-state index contributed by atoms with van der Waals surface area (Å²) < 4.78 is 31.3. The zero-order valence-corrected chi connectivity index (χ0v) is 15.5. The van der Waals surface area contributed by atoms with Crippen LogP contribution in [0.15, 0.2) is 53.4 Å². The first-order chi connectivity index (χ1) is 12.9. The fraction of sp³-hybridized carbons (Fsp3) is 0.222. The van der Waals surface area contributed by atoms with Crippen LogP contribution in [0.5, 0.6) is 5.75 Å². The maximum Gasteiger partial charge on any atom is 0.265 e. The number of ether oxygens (including phenoxy) is 1. The van der Waals surface area contributed by atoms with Gasteiger partial charge in [-0.3, -0.25) is 9.59 Å². The van der Waals surface area contributed by atoms with Crippen molar-refractivity contribution in [3.05, 3.63) is 48.5 Å². The first-order valence-electron chi connectivity index (χ1n) is 8.26. The molecule has 0 aliphatic carbocycles. The number of hydrogen-bond donors (Lipinski definition) is 2. The van der Waals surface area contributed by atoms with Gasteiger partial charge in [0.25, 0.3) is 5.91 Å². The van der Waals surface area contributed by atoms with Gasteiger partial charge in [-0.1, -0.05) is 18.2 Å². The van der Waals surface area contributed by atoms with Crippen LogP contribution in [0.4, 0.5) is 11.4 Å². The second-order valence-corrected chi connectivity index (χ2v) is 7.72. The maximum atomic E-state index is 12.3. The van der Waals surface area contributed by atoms with E-state index in [0.717, 1.165) is 0 Å². The monoisotopic (exact) mass is 389 g/mol. The van der Waals surface area contributed by atoms with Crippen LogP contribution >= 0.6 is 0 Å². The molecule has 0 unspecified atom stereocenters. The number of fused-ring (bicyclic) bond motifs is 1. The van der Waals surface area contributed by atoms with Gasteiger partial charge in [-0.15, -0.1) is 0 Å². The van der Waals surface area contributed by atoms with E-state index >= 15 is 0 Å². The predicted octanol–water partition coefficient (Wildman–Crippen LogP) is 1.35. The van der Waals surface area contributed by atoms with Crippen LogP contribution in [0, 0.1) is 0 Å². The molecule has 3 rings (SSSR count). The molecule has 0 aromatic heterocycles. The number of nitrogens with zero attached hydrogens (tertiary/aromatic N) is 1. The van der Waals surface area contributed by atoms with Crippen molar-refractivity contribution in [1.29, 1.82) is 0 Å². The SMILES string of the molecule is CNS(=O)(=O)c1cccc(NC(=O)CCN2C(=O)COc3ccccc32)c1. The average molecular weight is 389 g/mol. The molecule has 2 aromatic rings. The number of hydrogen-bond acceptors (Lipinski definition) is 5. The first-order valence-corrected chi connectivity index (χ1v) is 9.75. The van der Waals surface area contributed by atoms with Crippen LogP contribution in [-0.2, 0) is 19.6 Å². The number of rotatable bonds is 6. The Labute approximate surface area is 157 Å². The van der Waals surface area contributed by atoms with E-state index in [9.17, 15) is 18.0 Å². The molecule has 0 radical (unpaired) electrons. The molecule has 0 saturated carbocycles. The standard InChI is InChI=1S/C18H19N3O5S/c1-19-27(24,25)14-6-4-5-13(11-14)20-17(22)9-10-21-15-7-2-3-8-16(15)26-12-18(21)23/h2-8,11,19H,9-10,12H2,1H3,(H,20,22). The second kappa shape index (κ2) is 7.77. The van der Waals surface area contributed by atoms with Gasteiger partial charge in [0, 0.05) is 18.7 Å². The van der Waals surface area contributed by atoms with Crippen molar-refractivity contribution in [1.82, 2.24) is 4.72 Å². The second-order valence-electron chi connectivity index (χ2n) is 5.84. The van der Waals surface area contributed by atoms with Gasteiger partial charge in [-0.25, -0.2) is 13.1 Å². The molecule has 8 nitrogen and oxygen atoms in total. The Bertz CT molecular complexity index is 974. The van der Waals surface area contributed by atoms with Crippen molar-refractivity contribution in [2.24, 2.45) is 0 Å². The summed E-state index contributed by atoms with van der Waals surface area (Å²) in [5.74, 6) is 0.0527. The van der Waals surface area contributed by atoms with Crippen molar-refractivity contribution in [2.45, 2.75) is 11.3 Å². The molecule has 1 heterocycles. The topological polar surface area (TPSA) is 105 Å². The molecule has 142 valence electrons. The molecule has 1 aliphatic heterocycles. The fourth-order valence-electron chi connectivity index (χ4n) is 2.69. The molecule has 0 fully saturated rings. The number of anilines is 2. The minimum Gasteiger partial charge on any atom is -0.482 e. The van der Waals surface area contributed by atoms with E-state index in [2.05, 4.69) is 10.0 Å². The van der Waals surface area contributed by atoms with Crippen molar-refractivity contribution in [2.75, 3.05) is 30.4 Å². The molecule has 9 heteroatoms. The summed E-state index contributed by atoms with van der Waals surface area (Å²) in [5.41, 5.74) is 0.994. The van der Waals surface area contributed by atoms with Crippen LogP contribution in [-0.4, -0.2) is 40.4 Å². The number of para-hydroxylation sites is 2. The summed E-state index contributed by atoms with van der Waals surface area (Å²) in [4.78, 5) is 25.9. The van der Waals surface area contributed by atoms with Gasteiger partial charge in [-0.05, 0) is 37.4 Å². The van der Waals surface area contributed by atoms with E-state index in [-0.39, 0.29) is 36.3 Å². The average Bonchev–Trinajstić information content (AvgIpc) is 2.67. The third kappa shape index (κ3) is 4.26. The lowest BCUT2D eigenvalue weighted by molar-refractivity contribution is -0.121. The van der Waals surface area contributed by atoms with Crippen LogP contribution in [0.1, 0.15) is 6.42 Å². The fourth-order valence-corrected chi connectivity index (χ4v) is 3.47. The first kappa shape index (κ1) is 18.9. The minimum absolute atomic E-state index is 0.0556. The summed E-state index contributed by atoms with van der Waals surface area (Å²) >= 11 is 0. The van der Waals surface area contributed by atoms with Gasteiger partial charge in [-0.2, -0.15) is 0 Å². The zero-order chi connectivity index (χ0) is 19.4. The smallest absolute Gasteiger partial charge is 0.265 e. The number of carbonyl (C=O) groups excluding carboxylic acids is 2. The molecule has 2 aromatic carbocycles. The number of carbonyl (C=O) groups is 2. The van der Waals surface area contributed by atoms with Gasteiger partial charge in [0.15, 0.2) is 6.61 Å². The molecule has 0 spiro atoms. The molecule has 1 aliphatic rings. The molecule has 2 amide bonds. The van der Waals surface area contributed by atoms with E-state index in [1.54, 1.807) is 30.3 Å². The summed E-state index contributed by atoms with van der Waals surface area (Å²) in [6, 6.07) is 13.1. The number of amides is 2. The van der Waals surface area contributed by atoms with Crippen molar-refractivity contribution in [3.8, 4) is 5.75 Å². The Hall–Kier alpha value is -2.91. The maximum absolute atomic E-state index is 12.3. The predicted molar refractivity (Wildman–Crippen MR) is 100 cm³/mol. The lowest BCUT2D eigenvalue weighted by Crippen LogP contribution is -2.40. The Morgan fingerprint density at radius 2 is 1.96 bits per heavy atom. The Kier molecular flexibility index (Phi) is 5.43. The molecular weight excluding hydrogens is 370 g/mol. The highest BCUT2D eigenvalue weighted by atomic mass is 32.2. The van der Waals surface area contributed by atoms with Crippen molar-refractivity contribution >= 4 is 33.2 Å². The van der Waals surface area contributed by atoms with E-state index < -0.39 is 10.0 Å². The Morgan fingerprint density at radius 3 is 2.74 bits per heavy atom. The van der Waals surface area contributed by atoms with E-state index in [0.29, 0.717) is 17.1 Å². The van der Waals surface area contributed by atoms with Gasteiger partial charge in [0.1, 0.15) is 5.75 Å². The highest BCUT2D eigenvalue weighted by Gasteiger charge is 2.25. The lowest BCUT2D eigenvalue weighted by atomic mass is 10.2. The number of benzene rings is 2. The molecule has 0 saturated heterocycles. The number of nitrogens with one attached hydrogen (secondary N) is 2. The van der Waals surface area contributed by atoms with Gasteiger partial charge >= 0.3 is 0 Å². The highest BCUT2D eigenvalue weighted by molar-refractivity contribution is 7.89. The van der Waals surface area contributed by atoms with Crippen LogP contribution < -0.4 is 19.7 Å². The van der Waals surface area contributed by atoms with E-state index in [1.807, 2.05) is 6.07 Å². The summed E-state index contributed by atoms with van der Waals surface area (Å²) in [6.45, 7) is 0.127. The lowest BCUT2D eigenvalue weighted by Gasteiger charge is -2.29. The van der Waals surface area contributed by atoms with Crippen LogP contribution in [0.3, 0.4) is 0 Å². The molecule has 2 N–H and O–H groups in total. The summed E-state index contributed by atoms with van der Waals surface area (Å²) in [6.07, 6.45) is 0.0586. The Morgan fingerprint density at radius 1 is 1.19 bits per heavy atom. The van der Waals surface area contributed by atoms with Crippen LogP contribution in [0.2, 0.25) is 0 Å². The van der Waals surface area contributed by atoms with Crippen molar-refractivity contribution in [3.63, 3.8) is 0 Å². The molecule has 0 bridgehead atoms. The molecule has 27 heavy (non-hydrogen) atoms. The highest BCUT2D eigenvalue weighted by Crippen LogP contribution is 2.31. The third-order valence-electron chi connectivity index (χ3n) is 4.07. The minimum atomic E-state index is -3.59. The largest absolute Gasteiger partial charge is 0.482 e. The van der Waals surface area contributed by atoms with E-state index in [4.69, 9.17) is 4.74 Å². The quantitative estimate of drug-likeness (QED) is 0.776. The normalized spacial score (nSPS) is 13.7. The zero-order valence-electron chi connectivity index (χ0n) is 14.6. The Balaban J connectivity index is 1.66. The van der Waals surface area contributed by atoms with Crippen molar-refractivity contribution < 1.29 is 22.7 Å². The molecular formula is C18H19N3O5S. The van der Waals surface area contributed by atoms with Gasteiger partial charge < -0.3 is 15.0 Å². The number of sulfonamides is 1.